The van der Waals surface area contributed by atoms with E-state index in [1.54, 1.807) is 0 Å². The topological polar surface area (TPSA) is 43.1 Å². The monoisotopic (exact) mass is 410 g/mol. The van der Waals surface area contributed by atoms with Crippen LogP contribution in [0.25, 0.3) is 17.1 Å². The minimum absolute atomic E-state index is 0.0161. The molecule has 0 fully saturated rings. The van der Waals surface area contributed by atoms with Crippen LogP contribution in [-0.2, 0) is 20.0 Å². The molecule has 2 aromatic heterocycles. The molecule has 1 aliphatic heterocycles. The van der Waals surface area contributed by atoms with Gasteiger partial charge in [0.2, 0.25) is 0 Å². The molecule has 5 rings (SSSR count). The van der Waals surface area contributed by atoms with Gasteiger partial charge in [-0.1, -0.05) is 42.0 Å². The maximum Gasteiger partial charge on any atom is 0.272 e. The molecular formula is C26H26N4O. The van der Waals surface area contributed by atoms with Gasteiger partial charge in [0, 0.05) is 26.3 Å². The predicted molar refractivity (Wildman–Crippen MR) is 122 cm³/mol. The van der Waals surface area contributed by atoms with E-state index in [1.165, 1.54) is 16.7 Å². The Morgan fingerprint density at radius 3 is 2.52 bits per heavy atom. The smallest absolute Gasteiger partial charge is 0.272 e. The highest BCUT2D eigenvalue weighted by Crippen LogP contribution is 2.27. The van der Waals surface area contributed by atoms with Crippen LogP contribution in [0.2, 0.25) is 0 Å². The average molecular weight is 411 g/mol. The fourth-order valence-electron chi connectivity index (χ4n) is 4.44. The summed E-state index contributed by atoms with van der Waals surface area (Å²) in [5.74, 6) is 0.0161. The third kappa shape index (κ3) is 3.46. The second-order valence-electron chi connectivity index (χ2n) is 8.37. The largest absolute Gasteiger partial charge is 0.349 e. The second-order valence-corrected chi connectivity index (χ2v) is 8.37. The highest BCUT2D eigenvalue weighted by atomic mass is 16.2. The number of aryl methyl sites for hydroxylation is 3. The molecule has 0 radical (unpaired) electrons. The molecule has 1 amide bonds. The van der Waals surface area contributed by atoms with Crippen molar-refractivity contribution < 1.29 is 4.79 Å². The SMILES string of the molecule is Cc1ccc(-n2nc(-c3cccn3C)cc2C(=O)N2CCc3ccccc3C2)c(C)c1. The molecule has 0 unspecified atom stereocenters. The second kappa shape index (κ2) is 7.58. The third-order valence-electron chi connectivity index (χ3n) is 6.13. The molecule has 31 heavy (non-hydrogen) atoms. The van der Waals surface area contributed by atoms with E-state index in [2.05, 4.69) is 50.2 Å². The molecule has 0 bridgehead atoms. The Morgan fingerprint density at radius 2 is 1.77 bits per heavy atom. The normalized spacial score (nSPS) is 13.3. The summed E-state index contributed by atoms with van der Waals surface area (Å²) in [5, 5.41) is 4.88. The highest BCUT2D eigenvalue weighted by molar-refractivity contribution is 5.94. The van der Waals surface area contributed by atoms with Crippen molar-refractivity contribution in [1.29, 1.82) is 0 Å². The summed E-state index contributed by atoms with van der Waals surface area (Å²) >= 11 is 0. The molecular weight excluding hydrogens is 384 g/mol. The number of carbonyl (C=O) groups excluding carboxylic acids is 1. The molecule has 156 valence electrons. The number of rotatable bonds is 3. The van der Waals surface area contributed by atoms with Crippen LogP contribution in [0.3, 0.4) is 0 Å². The Morgan fingerprint density at radius 1 is 0.968 bits per heavy atom. The summed E-state index contributed by atoms with van der Waals surface area (Å²) in [5.41, 5.74) is 8.17. The van der Waals surface area contributed by atoms with Gasteiger partial charge in [-0.25, -0.2) is 4.68 Å². The van der Waals surface area contributed by atoms with Crippen molar-refractivity contribution in [1.82, 2.24) is 19.2 Å². The first-order valence-corrected chi connectivity index (χ1v) is 10.7. The Hall–Kier alpha value is -3.60. The van der Waals surface area contributed by atoms with Gasteiger partial charge in [0.05, 0.1) is 11.4 Å². The summed E-state index contributed by atoms with van der Waals surface area (Å²) in [6.07, 6.45) is 2.87. The van der Waals surface area contributed by atoms with Crippen LogP contribution in [-0.4, -0.2) is 31.7 Å². The molecule has 0 atom stereocenters. The van der Waals surface area contributed by atoms with Crippen molar-refractivity contribution in [3.63, 3.8) is 0 Å². The van der Waals surface area contributed by atoms with E-state index in [4.69, 9.17) is 5.10 Å². The van der Waals surface area contributed by atoms with Gasteiger partial charge in [-0.05, 0) is 61.2 Å². The van der Waals surface area contributed by atoms with E-state index in [0.717, 1.165) is 29.1 Å². The number of amides is 1. The van der Waals surface area contributed by atoms with Crippen molar-refractivity contribution in [2.45, 2.75) is 26.8 Å². The first kappa shape index (κ1) is 19.4. The van der Waals surface area contributed by atoms with Crippen LogP contribution < -0.4 is 0 Å². The number of hydrogen-bond acceptors (Lipinski definition) is 2. The van der Waals surface area contributed by atoms with Crippen LogP contribution in [0, 0.1) is 13.8 Å². The molecule has 0 N–H and O–H groups in total. The Labute approximate surface area is 182 Å². The first-order chi connectivity index (χ1) is 15.0. The summed E-state index contributed by atoms with van der Waals surface area (Å²) in [6, 6.07) is 20.6. The Bertz CT molecular complexity index is 1280. The quantitative estimate of drug-likeness (QED) is 0.492. The fourth-order valence-corrected chi connectivity index (χ4v) is 4.44. The molecule has 3 heterocycles. The van der Waals surface area contributed by atoms with Crippen molar-refractivity contribution in [2.75, 3.05) is 6.54 Å². The first-order valence-electron chi connectivity index (χ1n) is 10.7. The number of carbonyl (C=O) groups is 1. The molecule has 2 aromatic carbocycles. The lowest BCUT2D eigenvalue weighted by molar-refractivity contribution is 0.0725. The number of aromatic nitrogens is 3. The lowest BCUT2D eigenvalue weighted by atomic mass is 10.00. The molecule has 1 aliphatic rings. The molecule has 5 heteroatoms. The van der Waals surface area contributed by atoms with E-state index >= 15 is 0 Å². The standard InChI is InChI=1S/C26H26N4O/c1-18-10-11-23(19(2)15-18)30-25(16-22(27-30)24-9-6-13-28(24)3)26(31)29-14-12-20-7-4-5-8-21(20)17-29/h4-11,13,15-16H,12,14,17H2,1-3H3. The van der Waals surface area contributed by atoms with Gasteiger partial charge in [0.15, 0.2) is 0 Å². The van der Waals surface area contributed by atoms with Gasteiger partial charge < -0.3 is 9.47 Å². The van der Waals surface area contributed by atoms with Crippen molar-refractivity contribution >= 4 is 5.91 Å². The lowest BCUT2D eigenvalue weighted by Crippen LogP contribution is -2.37. The number of nitrogens with zero attached hydrogens (tertiary/aromatic N) is 4. The number of fused-ring (bicyclic) bond motifs is 1. The van der Waals surface area contributed by atoms with Crippen LogP contribution in [0.15, 0.2) is 66.9 Å². The van der Waals surface area contributed by atoms with Crippen molar-refractivity contribution in [3.8, 4) is 17.1 Å². The molecule has 0 aliphatic carbocycles. The van der Waals surface area contributed by atoms with E-state index in [-0.39, 0.29) is 5.91 Å². The maximum atomic E-state index is 13.7. The van der Waals surface area contributed by atoms with Gasteiger partial charge in [-0.15, -0.1) is 0 Å². The summed E-state index contributed by atoms with van der Waals surface area (Å²) in [4.78, 5) is 15.6. The Balaban J connectivity index is 1.59. The van der Waals surface area contributed by atoms with E-state index < -0.39 is 0 Å². The van der Waals surface area contributed by atoms with Crippen molar-refractivity contribution in [3.05, 3.63) is 94.8 Å². The van der Waals surface area contributed by atoms with Gasteiger partial charge in [0.1, 0.15) is 11.4 Å². The highest BCUT2D eigenvalue weighted by Gasteiger charge is 2.26. The average Bonchev–Trinajstić information content (AvgIpc) is 3.39. The van der Waals surface area contributed by atoms with Crippen LogP contribution in [0.5, 0.6) is 0 Å². The number of hydrogen-bond donors (Lipinski definition) is 0. The van der Waals surface area contributed by atoms with E-state index in [0.29, 0.717) is 18.8 Å². The maximum absolute atomic E-state index is 13.7. The Kier molecular flexibility index (Phi) is 4.74. The molecule has 5 nitrogen and oxygen atoms in total. The van der Waals surface area contributed by atoms with Gasteiger partial charge in [-0.2, -0.15) is 5.10 Å². The zero-order valence-electron chi connectivity index (χ0n) is 18.2. The zero-order valence-corrected chi connectivity index (χ0v) is 18.2. The summed E-state index contributed by atoms with van der Waals surface area (Å²) in [6.45, 7) is 5.49. The van der Waals surface area contributed by atoms with Crippen molar-refractivity contribution in [2.24, 2.45) is 7.05 Å². The van der Waals surface area contributed by atoms with Gasteiger partial charge in [-0.3, -0.25) is 4.79 Å². The number of benzene rings is 2. The lowest BCUT2D eigenvalue weighted by Gasteiger charge is -2.29. The summed E-state index contributed by atoms with van der Waals surface area (Å²) in [7, 11) is 1.99. The molecule has 0 saturated carbocycles. The fraction of sp³-hybridized carbons (Fsp3) is 0.231. The third-order valence-corrected chi connectivity index (χ3v) is 6.13. The van der Waals surface area contributed by atoms with E-state index in [1.807, 2.05) is 51.7 Å². The summed E-state index contributed by atoms with van der Waals surface area (Å²) < 4.78 is 3.85. The van der Waals surface area contributed by atoms with E-state index in [9.17, 15) is 4.79 Å². The predicted octanol–water partition coefficient (Wildman–Crippen LogP) is 4.69. The van der Waals surface area contributed by atoms with Crippen LogP contribution in [0.4, 0.5) is 0 Å². The molecule has 0 saturated heterocycles. The van der Waals surface area contributed by atoms with Gasteiger partial charge in [0.25, 0.3) is 5.91 Å². The molecule has 0 spiro atoms. The minimum atomic E-state index is 0.0161. The van der Waals surface area contributed by atoms with Gasteiger partial charge >= 0.3 is 0 Å². The minimum Gasteiger partial charge on any atom is -0.349 e. The zero-order chi connectivity index (χ0) is 21.5. The van der Waals surface area contributed by atoms with Crippen LogP contribution in [0.1, 0.15) is 32.7 Å². The van der Waals surface area contributed by atoms with Crippen LogP contribution >= 0.6 is 0 Å². The molecule has 4 aromatic rings.